The van der Waals surface area contributed by atoms with Crippen LogP contribution in [0, 0.1) is 0 Å². The monoisotopic (exact) mass is 538 g/mol. The second-order valence-corrected chi connectivity index (χ2v) is 9.76. The molecule has 0 aliphatic carbocycles. The molecule has 12 heteroatoms. The SMILES string of the molecule is COC(=O)C1=C(CN2CCOCC2CCC(=O)O)NC(c2nccs2)=NC1c1ccc(Cl)cc1Cl. The minimum absolute atomic E-state index is 0.0235. The number of esters is 1. The lowest BCUT2D eigenvalue weighted by Crippen LogP contribution is -2.49. The van der Waals surface area contributed by atoms with E-state index >= 15 is 0 Å². The van der Waals surface area contributed by atoms with Crippen LogP contribution in [0.5, 0.6) is 0 Å². The smallest absolute Gasteiger partial charge is 0.338 e. The number of hydrogen-bond acceptors (Lipinski definition) is 9. The topological polar surface area (TPSA) is 113 Å². The molecule has 2 aromatic rings. The lowest BCUT2D eigenvalue weighted by Gasteiger charge is -2.37. The number of hydrogen-bond donors (Lipinski definition) is 2. The number of amidine groups is 1. The van der Waals surface area contributed by atoms with E-state index < -0.39 is 18.0 Å². The summed E-state index contributed by atoms with van der Waals surface area (Å²) in [6.45, 7) is 1.84. The summed E-state index contributed by atoms with van der Waals surface area (Å²) >= 11 is 14.1. The van der Waals surface area contributed by atoms with E-state index in [1.54, 1.807) is 24.4 Å². The Morgan fingerprint density at radius 3 is 2.89 bits per heavy atom. The molecular weight excluding hydrogens is 515 g/mol. The van der Waals surface area contributed by atoms with Gasteiger partial charge in [-0.1, -0.05) is 29.3 Å². The molecule has 4 rings (SSSR count). The second kappa shape index (κ2) is 11.5. The van der Waals surface area contributed by atoms with Crippen molar-refractivity contribution < 1.29 is 24.2 Å². The first-order valence-electron chi connectivity index (χ1n) is 10.9. The summed E-state index contributed by atoms with van der Waals surface area (Å²) in [6.07, 6.45) is 2.13. The molecule has 0 radical (unpaired) electrons. The van der Waals surface area contributed by atoms with E-state index in [-0.39, 0.29) is 12.5 Å². The highest BCUT2D eigenvalue weighted by Gasteiger charge is 2.35. The second-order valence-electron chi connectivity index (χ2n) is 8.02. The zero-order valence-electron chi connectivity index (χ0n) is 18.9. The number of thiazole rings is 1. The molecule has 35 heavy (non-hydrogen) atoms. The fourth-order valence-corrected chi connectivity index (χ4v) is 5.22. The molecule has 1 aromatic carbocycles. The van der Waals surface area contributed by atoms with E-state index in [2.05, 4.69) is 15.2 Å². The molecular formula is C23H24Cl2N4O5S. The normalized spacial score (nSPS) is 20.8. The third kappa shape index (κ3) is 6.02. The summed E-state index contributed by atoms with van der Waals surface area (Å²) in [5, 5.41) is 15.8. The number of benzene rings is 1. The summed E-state index contributed by atoms with van der Waals surface area (Å²) in [4.78, 5) is 35.5. The zero-order chi connectivity index (χ0) is 24.9. The Morgan fingerprint density at radius 1 is 1.37 bits per heavy atom. The number of nitrogens with zero attached hydrogens (tertiary/aromatic N) is 3. The van der Waals surface area contributed by atoms with Crippen molar-refractivity contribution in [2.45, 2.75) is 24.9 Å². The third-order valence-corrected chi connectivity index (χ3v) is 7.17. The molecule has 2 atom stereocenters. The number of carboxylic acid groups (broad SMARTS) is 1. The van der Waals surface area contributed by atoms with Gasteiger partial charge in [-0.2, -0.15) is 0 Å². The number of carbonyl (C=O) groups is 2. The van der Waals surface area contributed by atoms with Gasteiger partial charge in [-0.15, -0.1) is 11.3 Å². The van der Waals surface area contributed by atoms with Gasteiger partial charge in [0.1, 0.15) is 6.04 Å². The Hall–Kier alpha value is -2.50. The number of nitrogens with one attached hydrogen (secondary N) is 1. The number of rotatable bonds is 8. The minimum atomic E-state index is -0.864. The number of ether oxygens (including phenoxy) is 2. The van der Waals surface area contributed by atoms with Gasteiger partial charge in [-0.25, -0.2) is 9.78 Å². The molecule has 1 aromatic heterocycles. The average molecular weight is 539 g/mol. The maximum atomic E-state index is 13.1. The Bertz CT molecular complexity index is 1150. The molecule has 9 nitrogen and oxygen atoms in total. The molecule has 3 heterocycles. The number of methoxy groups -OCH3 is 1. The molecule has 2 unspecified atom stereocenters. The fraction of sp³-hybridized carbons (Fsp3) is 0.391. The first-order valence-corrected chi connectivity index (χ1v) is 12.6. The van der Waals surface area contributed by atoms with Gasteiger partial charge in [-0.05, 0) is 18.6 Å². The number of aliphatic imine (C=N–C) groups is 1. The Morgan fingerprint density at radius 2 is 2.20 bits per heavy atom. The number of carboxylic acids is 1. The van der Waals surface area contributed by atoms with Crippen LogP contribution < -0.4 is 5.32 Å². The van der Waals surface area contributed by atoms with Crippen molar-refractivity contribution in [2.24, 2.45) is 4.99 Å². The van der Waals surface area contributed by atoms with Gasteiger partial charge >= 0.3 is 11.9 Å². The van der Waals surface area contributed by atoms with Crippen molar-refractivity contribution in [3.63, 3.8) is 0 Å². The summed E-state index contributed by atoms with van der Waals surface area (Å²) in [5.41, 5.74) is 1.52. The van der Waals surface area contributed by atoms with Gasteiger partial charge in [0.05, 0.1) is 25.9 Å². The summed E-state index contributed by atoms with van der Waals surface area (Å²) in [5.74, 6) is -0.897. The average Bonchev–Trinajstić information content (AvgIpc) is 3.38. The van der Waals surface area contributed by atoms with Crippen molar-refractivity contribution in [2.75, 3.05) is 33.4 Å². The first-order chi connectivity index (χ1) is 16.9. The molecule has 2 N–H and O–H groups in total. The summed E-state index contributed by atoms with van der Waals surface area (Å²) < 4.78 is 10.7. The summed E-state index contributed by atoms with van der Waals surface area (Å²) in [6, 6.07) is 4.18. The maximum absolute atomic E-state index is 13.1. The zero-order valence-corrected chi connectivity index (χ0v) is 21.2. The van der Waals surface area contributed by atoms with Crippen LogP contribution in [0.1, 0.15) is 29.5 Å². The van der Waals surface area contributed by atoms with Crippen LogP contribution in [0.25, 0.3) is 0 Å². The van der Waals surface area contributed by atoms with Crippen LogP contribution in [-0.2, 0) is 19.1 Å². The van der Waals surface area contributed by atoms with Crippen LogP contribution in [0.15, 0.2) is 46.0 Å². The molecule has 1 saturated heterocycles. The molecule has 0 bridgehead atoms. The van der Waals surface area contributed by atoms with Crippen molar-refractivity contribution in [1.29, 1.82) is 0 Å². The highest BCUT2D eigenvalue weighted by molar-refractivity contribution is 7.11. The van der Waals surface area contributed by atoms with E-state index in [0.29, 0.717) is 70.4 Å². The van der Waals surface area contributed by atoms with Gasteiger partial charge in [0.15, 0.2) is 10.8 Å². The number of carbonyl (C=O) groups excluding carboxylic acids is 1. The predicted octanol–water partition coefficient (Wildman–Crippen LogP) is 3.53. The van der Waals surface area contributed by atoms with Crippen LogP contribution in [-0.4, -0.2) is 72.2 Å². The van der Waals surface area contributed by atoms with Crippen LogP contribution in [0.3, 0.4) is 0 Å². The van der Waals surface area contributed by atoms with Gasteiger partial charge in [0.25, 0.3) is 0 Å². The lowest BCUT2D eigenvalue weighted by molar-refractivity contribution is -0.138. The Kier molecular flexibility index (Phi) is 8.40. The number of aromatic nitrogens is 1. The number of halogens is 2. The van der Waals surface area contributed by atoms with Crippen molar-refractivity contribution in [3.05, 3.63) is 61.7 Å². The molecule has 0 amide bonds. The fourth-order valence-electron chi connectivity index (χ4n) is 4.12. The minimum Gasteiger partial charge on any atom is -0.481 e. The Balaban J connectivity index is 1.76. The van der Waals surface area contributed by atoms with Crippen molar-refractivity contribution in [3.8, 4) is 0 Å². The summed E-state index contributed by atoms with van der Waals surface area (Å²) in [7, 11) is 1.32. The van der Waals surface area contributed by atoms with E-state index in [9.17, 15) is 9.59 Å². The first kappa shape index (κ1) is 25.6. The van der Waals surface area contributed by atoms with Gasteiger partial charge in [0.2, 0.25) is 0 Å². The van der Waals surface area contributed by atoms with E-state index in [1.807, 2.05) is 5.38 Å². The predicted molar refractivity (Wildman–Crippen MR) is 133 cm³/mol. The van der Waals surface area contributed by atoms with Gasteiger partial charge in [0, 0.05) is 58.4 Å². The van der Waals surface area contributed by atoms with Gasteiger partial charge in [-0.3, -0.25) is 14.7 Å². The van der Waals surface area contributed by atoms with Crippen LogP contribution in [0.2, 0.25) is 10.0 Å². The van der Waals surface area contributed by atoms with Gasteiger partial charge < -0.3 is 19.9 Å². The molecule has 186 valence electrons. The van der Waals surface area contributed by atoms with Crippen LogP contribution in [0.4, 0.5) is 0 Å². The van der Waals surface area contributed by atoms with E-state index in [1.165, 1.54) is 18.4 Å². The third-order valence-electron chi connectivity index (χ3n) is 5.83. The highest BCUT2D eigenvalue weighted by Crippen LogP contribution is 2.37. The van der Waals surface area contributed by atoms with E-state index in [0.717, 1.165) is 0 Å². The quantitative estimate of drug-likeness (QED) is 0.490. The molecule has 2 aliphatic heterocycles. The van der Waals surface area contributed by atoms with Crippen molar-refractivity contribution in [1.82, 2.24) is 15.2 Å². The Labute approximate surface area is 216 Å². The maximum Gasteiger partial charge on any atom is 0.338 e. The highest BCUT2D eigenvalue weighted by atomic mass is 35.5. The molecule has 0 saturated carbocycles. The molecule has 1 fully saturated rings. The van der Waals surface area contributed by atoms with Crippen molar-refractivity contribution >= 4 is 52.3 Å². The lowest BCUT2D eigenvalue weighted by atomic mass is 9.95. The molecule has 2 aliphatic rings. The standard InChI is InChI=1S/C23H24Cl2N4O5S/c1-33-23(32)19-17(11-29-7-8-34-12-14(29)3-5-18(30)31)27-21(22-26-6-9-35-22)28-20(19)15-4-2-13(24)10-16(15)25/h2,4,6,9-10,14,20H,3,5,7-8,11-12H2,1H3,(H,27,28)(H,30,31). The van der Waals surface area contributed by atoms with E-state index in [4.69, 9.17) is 42.8 Å². The number of aliphatic carboxylic acids is 1. The number of morpholine rings is 1. The van der Waals surface area contributed by atoms with Crippen LogP contribution >= 0.6 is 34.5 Å². The molecule has 0 spiro atoms. The largest absolute Gasteiger partial charge is 0.481 e.